The van der Waals surface area contributed by atoms with Gasteiger partial charge in [-0.05, 0) is 18.2 Å². The van der Waals surface area contributed by atoms with Crippen LogP contribution in [0.4, 0.5) is 5.69 Å². The summed E-state index contributed by atoms with van der Waals surface area (Å²) in [5.74, 6) is -0.263. The first-order chi connectivity index (χ1) is 8.86. The molecule has 0 unspecified atom stereocenters. The Kier molecular flexibility index (Phi) is 5.31. The van der Waals surface area contributed by atoms with Crippen molar-refractivity contribution in [3.63, 3.8) is 0 Å². The van der Waals surface area contributed by atoms with Crippen molar-refractivity contribution in [2.24, 2.45) is 0 Å². The number of nitrogens with zero attached hydrogens (tertiary/aromatic N) is 1. The van der Waals surface area contributed by atoms with Crippen molar-refractivity contribution in [2.75, 3.05) is 37.9 Å². The highest BCUT2D eigenvalue weighted by atomic mass is 32.2. The van der Waals surface area contributed by atoms with Gasteiger partial charge >= 0.3 is 0 Å². The van der Waals surface area contributed by atoms with Crippen LogP contribution in [0.1, 0.15) is 10.4 Å². The van der Waals surface area contributed by atoms with Crippen molar-refractivity contribution in [3.05, 3.63) is 29.8 Å². The van der Waals surface area contributed by atoms with Crippen molar-refractivity contribution in [2.45, 2.75) is 0 Å². The fourth-order valence-electron chi connectivity index (χ4n) is 1.40. The summed E-state index contributed by atoms with van der Waals surface area (Å²) in [5, 5.41) is 2.67. The first kappa shape index (κ1) is 15.5. The van der Waals surface area contributed by atoms with Crippen molar-refractivity contribution in [1.29, 1.82) is 0 Å². The molecule has 0 heterocycles. The predicted molar refractivity (Wildman–Crippen MR) is 73.9 cm³/mol. The van der Waals surface area contributed by atoms with E-state index in [0.717, 1.165) is 10.6 Å². The molecular weight excluding hydrogens is 268 g/mol. The number of hydrogen-bond donors (Lipinski definition) is 1. The highest BCUT2D eigenvalue weighted by molar-refractivity contribution is 7.92. The van der Waals surface area contributed by atoms with E-state index in [-0.39, 0.29) is 5.91 Å². The second-order valence-electron chi connectivity index (χ2n) is 4.03. The quantitative estimate of drug-likeness (QED) is 0.771. The lowest BCUT2D eigenvalue weighted by atomic mass is 10.2. The molecule has 7 heteroatoms. The molecule has 0 aliphatic heterocycles. The van der Waals surface area contributed by atoms with Gasteiger partial charge in [0.25, 0.3) is 5.91 Å². The van der Waals surface area contributed by atoms with Crippen LogP contribution in [-0.4, -0.2) is 47.9 Å². The zero-order valence-corrected chi connectivity index (χ0v) is 12.0. The lowest BCUT2D eigenvalue weighted by Gasteiger charge is -2.17. The maximum absolute atomic E-state index is 11.8. The minimum Gasteiger partial charge on any atom is -0.383 e. The first-order valence-corrected chi connectivity index (χ1v) is 7.52. The smallest absolute Gasteiger partial charge is 0.251 e. The minimum absolute atomic E-state index is 0.263. The number of nitrogens with one attached hydrogen (secondary N) is 1. The van der Waals surface area contributed by atoms with E-state index in [2.05, 4.69) is 5.32 Å². The number of carbonyl (C=O) groups is 1. The van der Waals surface area contributed by atoms with E-state index >= 15 is 0 Å². The number of sulfonamides is 1. The topological polar surface area (TPSA) is 75.7 Å². The van der Waals surface area contributed by atoms with Crippen molar-refractivity contribution >= 4 is 21.6 Å². The molecule has 0 saturated carbocycles. The standard InChI is InChI=1S/C12H18N2O4S/c1-14(19(3,16)17)11-6-4-5-10(9-11)12(15)13-7-8-18-2/h4-6,9H,7-8H2,1-3H3,(H,13,15). The zero-order valence-electron chi connectivity index (χ0n) is 11.2. The van der Waals surface area contributed by atoms with Gasteiger partial charge in [-0.1, -0.05) is 6.07 Å². The van der Waals surface area contributed by atoms with Gasteiger partial charge in [0.1, 0.15) is 0 Å². The molecular formula is C12H18N2O4S. The molecule has 0 aliphatic rings. The predicted octanol–water partition coefficient (Wildman–Crippen LogP) is 0.459. The molecule has 1 aromatic carbocycles. The Bertz CT molecular complexity index is 542. The number of methoxy groups -OCH3 is 1. The fourth-order valence-corrected chi connectivity index (χ4v) is 1.90. The van der Waals surface area contributed by atoms with Crippen molar-refractivity contribution in [1.82, 2.24) is 5.32 Å². The van der Waals surface area contributed by atoms with Crippen LogP contribution in [-0.2, 0) is 14.8 Å². The normalized spacial score (nSPS) is 11.1. The number of ether oxygens (including phenoxy) is 1. The zero-order chi connectivity index (χ0) is 14.5. The lowest BCUT2D eigenvalue weighted by molar-refractivity contribution is 0.0937. The van der Waals surface area contributed by atoms with Crippen LogP contribution in [0.25, 0.3) is 0 Å². The maximum atomic E-state index is 11.8. The van der Waals surface area contributed by atoms with Gasteiger partial charge in [0.05, 0.1) is 18.6 Å². The summed E-state index contributed by atoms with van der Waals surface area (Å²) in [5.41, 5.74) is 0.853. The van der Waals surface area contributed by atoms with Crippen LogP contribution in [0.3, 0.4) is 0 Å². The molecule has 19 heavy (non-hydrogen) atoms. The molecule has 1 amide bonds. The Balaban J connectivity index is 2.85. The van der Waals surface area contributed by atoms with Gasteiger partial charge < -0.3 is 10.1 Å². The fraction of sp³-hybridized carbons (Fsp3) is 0.417. The van der Waals surface area contributed by atoms with Crippen LogP contribution < -0.4 is 9.62 Å². The van der Waals surface area contributed by atoms with E-state index in [1.807, 2.05) is 0 Å². The van der Waals surface area contributed by atoms with Crippen LogP contribution in [0, 0.1) is 0 Å². The third kappa shape index (κ3) is 4.53. The highest BCUT2D eigenvalue weighted by Crippen LogP contribution is 2.17. The number of anilines is 1. The number of rotatable bonds is 6. The molecule has 0 aliphatic carbocycles. The van der Waals surface area contributed by atoms with Crippen LogP contribution in [0.15, 0.2) is 24.3 Å². The van der Waals surface area contributed by atoms with Gasteiger partial charge in [0.15, 0.2) is 0 Å². The van der Waals surface area contributed by atoms with Gasteiger partial charge in [-0.2, -0.15) is 0 Å². The van der Waals surface area contributed by atoms with E-state index < -0.39 is 10.0 Å². The first-order valence-electron chi connectivity index (χ1n) is 5.67. The van der Waals surface area contributed by atoms with E-state index in [4.69, 9.17) is 4.74 Å². The lowest BCUT2D eigenvalue weighted by Crippen LogP contribution is -2.28. The van der Waals surface area contributed by atoms with Crippen LogP contribution >= 0.6 is 0 Å². The van der Waals surface area contributed by atoms with Gasteiger partial charge in [0, 0.05) is 26.3 Å². The largest absolute Gasteiger partial charge is 0.383 e. The van der Waals surface area contributed by atoms with Crippen molar-refractivity contribution < 1.29 is 17.9 Å². The van der Waals surface area contributed by atoms with Gasteiger partial charge in [-0.25, -0.2) is 8.42 Å². The Hall–Kier alpha value is -1.60. The number of amides is 1. The van der Waals surface area contributed by atoms with E-state index in [0.29, 0.717) is 24.4 Å². The average Bonchev–Trinajstić information content (AvgIpc) is 2.37. The molecule has 1 rings (SSSR count). The Morgan fingerprint density at radius 2 is 2.11 bits per heavy atom. The molecule has 0 aromatic heterocycles. The molecule has 0 saturated heterocycles. The van der Waals surface area contributed by atoms with Crippen LogP contribution in [0.5, 0.6) is 0 Å². The highest BCUT2D eigenvalue weighted by Gasteiger charge is 2.13. The molecule has 0 bridgehead atoms. The second-order valence-corrected chi connectivity index (χ2v) is 6.04. The number of carbonyl (C=O) groups excluding carboxylic acids is 1. The molecule has 1 aromatic rings. The second kappa shape index (κ2) is 6.53. The molecule has 0 fully saturated rings. The van der Waals surface area contributed by atoms with E-state index in [1.165, 1.54) is 13.1 Å². The minimum atomic E-state index is -3.34. The SMILES string of the molecule is COCCNC(=O)c1cccc(N(C)S(C)(=O)=O)c1. The Morgan fingerprint density at radius 3 is 2.68 bits per heavy atom. The van der Waals surface area contributed by atoms with E-state index in [1.54, 1.807) is 25.3 Å². The van der Waals surface area contributed by atoms with Crippen LogP contribution in [0.2, 0.25) is 0 Å². The summed E-state index contributed by atoms with van der Waals surface area (Å²) in [4.78, 5) is 11.8. The number of hydrogen-bond acceptors (Lipinski definition) is 4. The Morgan fingerprint density at radius 1 is 1.42 bits per heavy atom. The summed E-state index contributed by atoms with van der Waals surface area (Å²) in [6.45, 7) is 0.830. The molecule has 0 radical (unpaired) electrons. The molecule has 0 atom stereocenters. The third-order valence-electron chi connectivity index (χ3n) is 2.56. The van der Waals surface area contributed by atoms with Gasteiger partial charge in [0.2, 0.25) is 10.0 Å². The summed E-state index contributed by atoms with van der Waals surface area (Å²) in [7, 11) is -0.346. The maximum Gasteiger partial charge on any atom is 0.251 e. The molecule has 6 nitrogen and oxygen atoms in total. The molecule has 1 N–H and O–H groups in total. The van der Waals surface area contributed by atoms with Gasteiger partial charge in [-0.15, -0.1) is 0 Å². The summed E-state index contributed by atoms with van der Waals surface area (Å²) in [6, 6.07) is 6.43. The average molecular weight is 286 g/mol. The summed E-state index contributed by atoms with van der Waals surface area (Å²) >= 11 is 0. The van der Waals surface area contributed by atoms with Gasteiger partial charge in [-0.3, -0.25) is 9.10 Å². The molecule has 106 valence electrons. The third-order valence-corrected chi connectivity index (χ3v) is 3.77. The summed E-state index contributed by atoms with van der Waals surface area (Å²) in [6.07, 6.45) is 1.11. The Labute approximate surface area is 113 Å². The number of benzene rings is 1. The van der Waals surface area contributed by atoms with Crippen molar-refractivity contribution in [3.8, 4) is 0 Å². The monoisotopic (exact) mass is 286 g/mol. The van der Waals surface area contributed by atoms with E-state index in [9.17, 15) is 13.2 Å². The summed E-state index contributed by atoms with van der Waals surface area (Å²) < 4.78 is 28.8. The molecule has 0 spiro atoms.